The lowest BCUT2D eigenvalue weighted by Crippen LogP contribution is -2.29. The first-order valence-electron chi connectivity index (χ1n) is 5.41. The zero-order valence-electron chi connectivity index (χ0n) is 10.1. The third-order valence-corrected chi connectivity index (χ3v) is 3.72. The largest absolute Gasteiger partial charge is 0.492 e. The van der Waals surface area contributed by atoms with Gasteiger partial charge in [0.25, 0.3) is 0 Å². The van der Waals surface area contributed by atoms with Crippen LogP contribution in [0, 0.1) is 6.92 Å². The van der Waals surface area contributed by atoms with E-state index in [0.717, 1.165) is 5.56 Å². The van der Waals surface area contributed by atoms with Crippen LogP contribution in [0.5, 0.6) is 5.75 Å². The van der Waals surface area contributed by atoms with Crippen LogP contribution in [-0.2, 0) is 10.0 Å². The van der Waals surface area contributed by atoms with Crippen LogP contribution in [-0.4, -0.2) is 27.3 Å². The number of anilines is 1. The van der Waals surface area contributed by atoms with Gasteiger partial charge in [-0.15, -0.1) is 0 Å². The van der Waals surface area contributed by atoms with E-state index in [1.165, 1.54) is 0 Å². The zero-order chi connectivity index (χ0) is 12.9. The Labute approximate surface area is 102 Å². The van der Waals surface area contributed by atoms with Crippen LogP contribution in [0.2, 0.25) is 0 Å². The molecule has 1 aromatic rings. The second kappa shape index (κ2) is 5.88. The Morgan fingerprint density at radius 3 is 2.71 bits per heavy atom. The number of nitrogens with one attached hydrogen (secondary N) is 1. The van der Waals surface area contributed by atoms with Crippen LogP contribution < -0.4 is 15.2 Å². The molecule has 6 heteroatoms. The highest BCUT2D eigenvalue weighted by atomic mass is 32.2. The molecule has 0 bridgehead atoms. The summed E-state index contributed by atoms with van der Waals surface area (Å²) in [6.45, 7) is 4.04. The van der Waals surface area contributed by atoms with Crippen molar-refractivity contribution in [1.29, 1.82) is 0 Å². The predicted molar refractivity (Wildman–Crippen MR) is 68.5 cm³/mol. The van der Waals surface area contributed by atoms with Crippen molar-refractivity contribution in [1.82, 2.24) is 4.72 Å². The van der Waals surface area contributed by atoms with Crippen molar-refractivity contribution in [2.45, 2.75) is 13.8 Å². The first kappa shape index (κ1) is 13.8. The molecule has 1 rings (SSSR count). The minimum Gasteiger partial charge on any atom is -0.492 e. The molecule has 5 nitrogen and oxygen atoms in total. The highest BCUT2D eigenvalue weighted by Crippen LogP contribution is 2.18. The highest BCUT2D eigenvalue weighted by Gasteiger charge is 2.05. The van der Waals surface area contributed by atoms with Gasteiger partial charge < -0.3 is 10.5 Å². The van der Waals surface area contributed by atoms with E-state index < -0.39 is 10.0 Å². The van der Waals surface area contributed by atoms with Gasteiger partial charge in [0.2, 0.25) is 10.0 Å². The van der Waals surface area contributed by atoms with Crippen molar-refractivity contribution in [3.8, 4) is 5.75 Å². The van der Waals surface area contributed by atoms with E-state index in [4.69, 9.17) is 10.5 Å². The fourth-order valence-corrected chi connectivity index (χ4v) is 1.80. The molecule has 0 aliphatic carbocycles. The SMILES string of the molecule is CCS(=O)(=O)NCCOc1ccc(N)c(C)c1. The van der Waals surface area contributed by atoms with Crippen molar-refractivity contribution in [3.63, 3.8) is 0 Å². The molecule has 17 heavy (non-hydrogen) atoms. The van der Waals surface area contributed by atoms with E-state index in [2.05, 4.69) is 4.72 Å². The number of hydrogen-bond donors (Lipinski definition) is 2. The molecular formula is C11H18N2O3S. The van der Waals surface area contributed by atoms with E-state index in [1.807, 2.05) is 13.0 Å². The summed E-state index contributed by atoms with van der Waals surface area (Å²) in [5, 5.41) is 0. The lowest BCUT2D eigenvalue weighted by Gasteiger charge is -2.08. The molecule has 0 spiro atoms. The van der Waals surface area contributed by atoms with Gasteiger partial charge in [-0.1, -0.05) is 0 Å². The average Bonchev–Trinajstić information content (AvgIpc) is 2.29. The van der Waals surface area contributed by atoms with E-state index in [9.17, 15) is 8.42 Å². The number of nitrogen functional groups attached to an aromatic ring is 1. The van der Waals surface area contributed by atoms with Gasteiger partial charge in [0.15, 0.2) is 0 Å². The van der Waals surface area contributed by atoms with Crippen molar-refractivity contribution in [2.75, 3.05) is 24.6 Å². The van der Waals surface area contributed by atoms with Crippen LogP contribution in [0.25, 0.3) is 0 Å². The summed E-state index contributed by atoms with van der Waals surface area (Å²) >= 11 is 0. The van der Waals surface area contributed by atoms with Gasteiger partial charge in [-0.05, 0) is 37.6 Å². The Morgan fingerprint density at radius 1 is 1.41 bits per heavy atom. The maximum atomic E-state index is 11.1. The molecule has 0 amide bonds. The minimum atomic E-state index is -3.14. The van der Waals surface area contributed by atoms with Gasteiger partial charge in [0.05, 0.1) is 5.75 Å². The Hall–Kier alpha value is -1.27. The molecule has 0 saturated carbocycles. The van der Waals surface area contributed by atoms with Crippen LogP contribution in [0.1, 0.15) is 12.5 Å². The van der Waals surface area contributed by atoms with E-state index in [0.29, 0.717) is 18.0 Å². The Balaban J connectivity index is 2.39. The van der Waals surface area contributed by atoms with Gasteiger partial charge in [-0.25, -0.2) is 13.1 Å². The number of aryl methyl sites for hydroxylation is 1. The second-order valence-electron chi connectivity index (χ2n) is 3.66. The minimum absolute atomic E-state index is 0.0774. The molecule has 0 heterocycles. The standard InChI is InChI=1S/C11H18N2O3S/c1-3-17(14,15)13-6-7-16-10-4-5-11(12)9(2)8-10/h4-5,8,13H,3,6-7,12H2,1-2H3. The van der Waals surface area contributed by atoms with Gasteiger partial charge in [0, 0.05) is 12.2 Å². The molecule has 0 fully saturated rings. The van der Waals surface area contributed by atoms with Crippen LogP contribution in [0.3, 0.4) is 0 Å². The van der Waals surface area contributed by atoms with Gasteiger partial charge >= 0.3 is 0 Å². The topological polar surface area (TPSA) is 81.4 Å². The van der Waals surface area contributed by atoms with Crippen molar-refractivity contribution in [3.05, 3.63) is 23.8 Å². The summed E-state index contributed by atoms with van der Waals surface area (Å²) in [4.78, 5) is 0. The maximum Gasteiger partial charge on any atom is 0.211 e. The summed E-state index contributed by atoms with van der Waals surface area (Å²) in [7, 11) is -3.14. The van der Waals surface area contributed by atoms with E-state index in [1.54, 1.807) is 19.1 Å². The molecule has 0 atom stereocenters. The molecule has 0 aliphatic heterocycles. The Kier molecular flexibility index (Phi) is 4.77. The Bertz CT molecular complexity index is 472. The molecule has 0 aliphatic rings. The molecule has 3 N–H and O–H groups in total. The lowest BCUT2D eigenvalue weighted by molar-refractivity contribution is 0.322. The van der Waals surface area contributed by atoms with Crippen LogP contribution in [0.15, 0.2) is 18.2 Å². The van der Waals surface area contributed by atoms with E-state index in [-0.39, 0.29) is 12.3 Å². The third kappa shape index (κ3) is 4.62. The number of ether oxygens (including phenoxy) is 1. The van der Waals surface area contributed by atoms with Crippen molar-refractivity contribution >= 4 is 15.7 Å². The van der Waals surface area contributed by atoms with Crippen molar-refractivity contribution in [2.24, 2.45) is 0 Å². The summed E-state index contributed by atoms with van der Waals surface area (Å²) in [5.74, 6) is 0.765. The number of rotatable bonds is 6. The molecule has 0 unspecified atom stereocenters. The molecular weight excluding hydrogens is 240 g/mol. The molecule has 0 saturated heterocycles. The number of hydrogen-bond acceptors (Lipinski definition) is 4. The summed E-state index contributed by atoms with van der Waals surface area (Å²) < 4.78 is 30.1. The smallest absolute Gasteiger partial charge is 0.211 e. The van der Waals surface area contributed by atoms with E-state index >= 15 is 0 Å². The van der Waals surface area contributed by atoms with Gasteiger partial charge in [-0.3, -0.25) is 0 Å². The fraction of sp³-hybridized carbons (Fsp3) is 0.455. The maximum absolute atomic E-state index is 11.1. The fourth-order valence-electron chi connectivity index (χ4n) is 1.21. The molecule has 1 aromatic carbocycles. The average molecular weight is 258 g/mol. The summed E-state index contributed by atoms with van der Waals surface area (Å²) in [6.07, 6.45) is 0. The monoisotopic (exact) mass is 258 g/mol. The van der Waals surface area contributed by atoms with Gasteiger partial charge in [-0.2, -0.15) is 0 Å². The molecule has 96 valence electrons. The number of nitrogens with two attached hydrogens (primary N) is 1. The molecule has 0 radical (unpaired) electrons. The van der Waals surface area contributed by atoms with Gasteiger partial charge in [0.1, 0.15) is 12.4 Å². The van der Waals surface area contributed by atoms with Crippen molar-refractivity contribution < 1.29 is 13.2 Å². The number of sulfonamides is 1. The first-order valence-corrected chi connectivity index (χ1v) is 7.06. The van der Waals surface area contributed by atoms with Crippen LogP contribution >= 0.6 is 0 Å². The Morgan fingerprint density at radius 2 is 2.12 bits per heavy atom. The zero-order valence-corrected chi connectivity index (χ0v) is 10.9. The second-order valence-corrected chi connectivity index (χ2v) is 5.76. The quantitative estimate of drug-likeness (QED) is 0.586. The highest BCUT2D eigenvalue weighted by molar-refractivity contribution is 7.89. The first-order chi connectivity index (χ1) is 7.94. The summed E-state index contributed by atoms with van der Waals surface area (Å²) in [5.41, 5.74) is 7.32. The summed E-state index contributed by atoms with van der Waals surface area (Å²) in [6, 6.07) is 5.35. The normalized spacial score (nSPS) is 11.4. The third-order valence-electron chi connectivity index (χ3n) is 2.31. The predicted octanol–water partition coefficient (Wildman–Crippen LogP) is 0.895. The number of benzene rings is 1. The molecule has 0 aromatic heterocycles. The van der Waals surface area contributed by atoms with Crippen LogP contribution in [0.4, 0.5) is 5.69 Å². The lowest BCUT2D eigenvalue weighted by atomic mass is 10.2.